The van der Waals surface area contributed by atoms with Crippen molar-refractivity contribution in [2.45, 2.75) is 39.5 Å². The number of benzene rings is 4. The van der Waals surface area contributed by atoms with Gasteiger partial charge in [-0.1, -0.05) is 70.2 Å². The highest BCUT2D eigenvalue weighted by Crippen LogP contribution is 2.43. The van der Waals surface area contributed by atoms with Crippen LogP contribution in [-0.4, -0.2) is 9.55 Å². The van der Waals surface area contributed by atoms with Crippen molar-refractivity contribution in [2.75, 3.05) is 0 Å². The molecule has 36 heavy (non-hydrogen) atoms. The van der Waals surface area contributed by atoms with E-state index in [0.717, 1.165) is 44.3 Å². The van der Waals surface area contributed by atoms with E-state index in [-0.39, 0.29) is 0 Å². The molecule has 0 unspecified atom stereocenters. The number of rotatable bonds is 4. The fraction of sp³-hybridized carbons (Fsp3) is 0.194. The summed E-state index contributed by atoms with van der Waals surface area (Å²) in [4.78, 5) is 5.12. The normalized spacial score (nSPS) is 12.1. The number of halogens is 2. The molecule has 6 aromatic rings. The highest BCUT2D eigenvalue weighted by Gasteiger charge is 2.24. The molecule has 0 aliphatic rings. The summed E-state index contributed by atoms with van der Waals surface area (Å²) < 4.78 is 32.7. The highest BCUT2D eigenvalue weighted by molar-refractivity contribution is 7.26. The fourth-order valence-corrected chi connectivity index (χ4v) is 6.48. The van der Waals surface area contributed by atoms with Crippen molar-refractivity contribution < 1.29 is 8.78 Å². The van der Waals surface area contributed by atoms with Gasteiger partial charge in [-0.25, -0.2) is 13.8 Å². The molecule has 0 radical (unpaired) electrons. The molecule has 0 aliphatic heterocycles. The SMILES string of the molecule is CC(C)c1cccc(C(C)C)c1-n1c(-c2cccc3c2sc2cc(F)cc(F)c23)nc2ccccc21. The molecular formula is C31H26F2N2S. The predicted octanol–water partition coefficient (Wildman–Crippen LogP) is 9.59. The number of thiophene rings is 1. The van der Waals surface area contributed by atoms with E-state index in [4.69, 9.17) is 4.98 Å². The molecule has 2 heterocycles. The van der Waals surface area contributed by atoms with Gasteiger partial charge in [0.15, 0.2) is 0 Å². The lowest BCUT2D eigenvalue weighted by molar-refractivity contribution is 0.593. The lowest BCUT2D eigenvalue weighted by atomic mass is 9.92. The van der Waals surface area contributed by atoms with Crippen molar-refractivity contribution in [2.24, 2.45) is 0 Å². The van der Waals surface area contributed by atoms with Crippen LogP contribution in [0.2, 0.25) is 0 Å². The maximum Gasteiger partial charge on any atom is 0.147 e. The van der Waals surface area contributed by atoms with Crippen LogP contribution in [0.25, 0.3) is 48.3 Å². The Balaban J connectivity index is 1.77. The molecule has 0 fully saturated rings. The van der Waals surface area contributed by atoms with Crippen LogP contribution in [0.1, 0.15) is 50.7 Å². The Morgan fingerprint density at radius 2 is 1.50 bits per heavy atom. The van der Waals surface area contributed by atoms with Crippen molar-refractivity contribution in [3.63, 3.8) is 0 Å². The van der Waals surface area contributed by atoms with Crippen molar-refractivity contribution in [3.05, 3.63) is 95.6 Å². The minimum atomic E-state index is -0.562. The first-order valence-corrected chi connectivity index (χ1v) is 13.1. The monoisotopic (exact) mass is 496 g/mol. The van der Waals surface area contributed by atoms with Gasteiger partial charge in [0, 0.05) is 31.8 Å². The Morgan fingerprint density at radius 3 is 2.22 bits per heavy atom. The third-order valence-electron chi connectivity index (χ3n) is 6.88. The first-order valence-electron chi connectivity index (χ1n) is 12.3. The lowest BCUT2D eigenvalue weighted by Crippen LogP contribution is -2.08. The maximum absolute atomic E-state index is 14.9. The smallest absolute Gasteiger partial charge is 0.147 e. The standard InChI is InChI=1S/C31H26F2N2S/c1-17(2)20-9-7-10-21(18(3)4)29(20)35-26-14-6-5-13-25(26)34-31(35)23-12-8-11-22-28-24(33)15-19(32)16-27(28)36-30(22)23/h5-18H,1-4H3. The molecule has 0 atom stereocenters. The van der Waals surface area contributed by atoms with E-state index in [1.165, 1.54) is 28.5 Å². The zero-order valence-electron chi connectivity index (χ0n) is 20.6. The van der Waals surface area contributed by atoms with Gasteiger partial charge in [-0.15, -0.1) is 11.3 Å². The first-order chi connectivity index (χ1) is 17.3. The average Bonchev–Trinajstić information content (AvgIpc) is 3.41. The van der Waals surface area contributed by atoms with Crippen LogP contribution in [0.15, 0.2) is 72.8 Å². The summed E-state index contributed by atoms with van der Waals surface area (Å²) in [5, 5.41) is 1.25. The molecule has 0 N–H and O–H groups in total. The molecule has 0 bridgehead atoms. The first kappa shape index (κ1) is 22.9. The largest absolute Gasteiger partial charge is 0.292 e. The van der Waals surface area contributed by atoms with Crippen LogP contribution in [0.3, 0.4) is 0 Å². The number of para-hydroxylation sites is 3. The molecule has 4 aromatic carbocycles. The second-order valence-electron chi connectivity index (χ2n) is 9.90. The number of nitrogens with zero attached hydrogens (tertiary/aromatic N) is 2. The molecule has 2 aromatic heterocycles. The Hall–Kier alpha value is -3.57. The zero-order valence-corrected chi connectivity index (χ0v) is 21.5. The van der Waals surface area contributed by atoms with Crippen LogP contribution < -0.4 is 0 Å². The Kier molecular flexibility index (Phi) is 5.41. The maximum atomic E-state index is 14.9. The van der Waals surface area contributed by atoms with E-state index in [1.807, 2.05) is 36.4 Å². The molecule has 0 amide bonds. The number of fused-ring (bicyclic) bond motifs is 4. The quantitative estimate of drug-likeness (QED) is 0.238. The third-order valence-corrected chi connectivity index (χ3v) is 8.07. The van der Waals surface area contributed by atoms with E-state index in [1.54, 1.807) is 0 Å². The molecule has 2 nitrogen and oxygen atoms in total. The van der Waals surface area contributed by atoms with E-state index in [9.17, 15) is 8.78 Å². The second-order valence-corrected chi connectivity index (χ2v) is 11.0. The summed E-state index contributed by atoms with van der Waals surface area (Å²) in [6.07, 6.45) is 0. The summed E-state index contributed by atoms with van der Waals surface area (Å²) in [5.41, 5.74) is 6.50. The van der Waals surface area contributed by atoms with Crippen molar-refractivity contribution in [1.29, 1.82) is 0 Å². The van der Waals surface area contributed by atoms with Gasteiger partial charge in [-0.3, -0.25) is 4.57 Å². The van der Waals surface area contributed by atoms with Gasteiger partial charge in [-0.2, -0.15) is 0 Å². The topological polar surface area (TPSA) is 17.8 Å². The Labute approximate surface area is 212 Å². The molecule has 0 aliphatic carbocycles. The molecule has 180 valence electrons. The third kappa shape index (κ3) is 3.45. The summed E-state index contributed by atoms with van der Waals surface area (Å²) in [6, 6.07) is 23.0. The number of imidazole rings is 1. The minimum Gasteiger partial charge on any atom is -0.292 e. The molecule has 0 spiro atoms. The van der Waals surface area contributed by atoms with Crippen LogP contribution in [0.4, 0.5) is 8.78 Å². The molecule has 0 saturated carbocycles. The molecular weight excluding hydrogens is 470 g/mol. The minimum absolute atomic E-state index is 0.310. The second kappa shape index (κ2) is 8.52. The predicted molar refractivity (Wildman–Crippen MR) is 147 cm³/mol. The van der Waals surface area contributed by atoms with Crippen molar-refractivity contribution in [1.82, 2.24) is 9.55 Å². The van der Waals surface area contributed by atoms with Gasteiger partial charge >= 0.3 is 0 Å². The Bertz CT molecular complexity index is 1750. The van der Waals surface area contributed by atoms with Gasteiger partial charge in [0.25, 0.3) is 0 Å². The summed E-state index contributed by atoms with van der Waals surface area (Å²) >= 11 is 1.41. The zero-order chi connectivity index (χ0) is 25.1. The average molecular weight is 497 g/mol. The van der Waals surface area contributed by atoms with Gasteiger partial charge in [0.05, 0.1) is 16.7 Å². The van der Waals surface area contributed by atoms with Crippen LogP contribution in [-0.2, 0) is 0 Å². The van der Waals surface area contributed by atoms with Crippen LogP contribution >= 0.6 is 11.3 Å². The number of hydrogen-bond donors (Lipinski definition) is 0. The Morgan fingerprint density at radius 1 is 0.806 bits per heavy atom. The summed E-state index contributed by atoms with van der Waals surface area (Å²) in [5.74, 6) is 0.334. The number of aromatic nitrogens is 2. The van der Waals surface area contributed by atoms with Gasteiger partial charge in [-0.05, 0) is 47.2 Å². The van der Waals surface area contributed by atoms with E-state index < -0.39 is 11.6 Å². The van der Waals surface area contributed by atoms with Crippen LogP contribution in [0.5, 0.6) is 0 Å². The molecule has 6 rings (SSSR count). The fourth-order valence-electron chi connectivity index (χ4n) is 5.22. The van der Waals surface area contributed by atoms with Crippen LogP contribution in [0, 0.1) is 11.6 Å². The van der Waals surface area contributed by atoms with Gasteiger partial charge in [0.2, 0.25) is 0 Å². The summed E-state index contributed by atoms with van der Waals surface area (Å²) in [7, 11) is 0. The summed E-state index contributed by atoms with van der Waals surface area (Å²) in [6.45, 7) is 8.86. The van der Waals surface area contributed by atoms with Gasteiger partial charge in [0.1, 0.15) is 17.5 Å². The van der Waals surface area contributed by atoms with E-state index in [2.05, 4.69) is 56.5 Å². The molecule has 5 heteroatoms. The van der Waals surface area contributed by atoms with E-state index in [0.29, 0.717) is 21.9 Å². The van der Waals surface area contributed by atoms with Crippen molar-refractivity contribution in [3.8, 4) is 17.1 Å². The van der Waals surface area contributed by atoms with Crippen molar-refractivity contribution >= 4 is 42.5 Å². The van der Waals surface area contributed by atoms with Gasteiger partial charge < -0.3 is 0 Å². The van der Waals surface area contributed by atoms with E-state index >= 15 is 0 Å². The molecule has 0 saturated heterocycles. The lowest BCUT2D eigenvalue weighted by Gasteiger charge is -2.22. The highest BCUT2D eigenvalue weighted by atomic mass is 32.1. The number of hydrogen-bond acceptors (Lipinski definition) is 2.